The molecule has 0 N–H and O–H groups in total. The van der Waals surface area contributed by atoms with Crippen molar-refractivity contribution in [2.75, 3.05) is 0 Å². The van der Waals surface area contributed by atoms with Gasteiger partial charge in [0, 0.05) is 9.52 Å². The zero-order valence-corrected chi connectivity index (χ0v) is 36.0. The van der Waals surface area contributed by atoms with Crippen LogP contribution in [0, 0.1) is 27.7 Å². The van der Waals surface area contributed by atoms with E-state index in [2.05, 4.69) is 179 Å². The van der Waals surface area contributed by atoms with Crippen LogP contribution in [0.2, 0.25) is 13.1 Å². The zero-order chi connectivity index (χ0) is 35.8. The second kappa shape index (κ2) is 17.6. The summed E-state index contributed by atoms with van der Waals surface area (Å²) in [5.41, 5.74) is 14.0. The monoisotopic (exact) mass is 768 g/mol. The molecule has 0 aliphatic carbocycles. The Bertz CT molecular complexity index is 1790. The Morgan fingerprint density at radius 1 is 0.542 bits per heavy atom. The molecule has 0 saturated heterocycles. The molecule has 6 aromatic carbocycles. The summed E-state index contributed by atoms with van der Waals surface area (Å²) in [5.74, 6) is 0. The van der Waals surface area contributed by atoms with Gasteiger partial charge in [-0.3, -0.25) is 0 Å². The third-order valence-electron chi connectivity index (χ3n) is 8.51. The van der Waals surface area contributed by atoms with Gasteiger partial charge in [0.2, 0.25) is 0 Å². The first-order valence-electron chi connectivity index (χ1n) is 16.7. The molecule has 0 aliphatic rings. The number of fused-ring (bicyclic) bond motifs is 2. The van der Waals surface area contributed by atoms with Gasteiger partial charge >= 0.3 is 37.9 Å². The van der Waals surface area contributed by atoms with E-state index >= 15 is 0 Å². The molecule has 0 heterocycles. The fraction of sp³-hybridized carbons (Fsp3) is 0.318. The Hall–Kier alpha value is -2.22. The fourth-order valence-corrected chi connectivity index (χ4v) is 6.40. The molecular formula is C44H52Cl2SiZr. The molecule has 0 aliphatic heterocycles. The standard InChI is InChI=1S/2C21H23.C2H6Si.2ClH.Zr/c2*1-14-12-16-10-11-19(21(3,4)5)20(18(16)13-14)17-9-7-6-8-15(17)2;1-3-2;;;/h2*6-13H,1-5H3;1-2H3;2*1H;/q2*-1;;;;+4/p-2. The summed E-state index contributed by atoms with van der Waals surface area (Å²) in [6, 6.07) is 35.8. The molecule has 2 radical (unpaired) electrons. The van der Waals surface area contributed by atoms with E-state index in [4.69, 9.17) is 17.0 Å². The molecule has 0 unspecified atom stereocenters. The van der Waals surface area contributed by atoms with Gasteiger partial charge in [0.1, 0.15) is 0 Å². The molecule has 0 spiro atoms. The van der Waals surface area contributed by atoms with Gasteiger partial charge < -0.3 is 0 Å². The van der Waals surface area contributed by atoms with Crippen LogP contribution in [0.5, 0.6) is 0 Å². The molecule has 0 amide bonds. The third-order valence-corrected chi connectivity index (χ3v) is 8.51. The molecule has 0 nitrogen and oxygen atoms in total. The molecule has 0 bridgehead atoms. The van der Waals surface area contributed by atoms with Gasteiger partial charge in [0.05, 0.1) is 0 Å². The normalized spacial score (nSPS) is 11.1. The van der Waals surface area contributed by atoms with Crippen molar-refractivity contribution in [2.45, 2.75) is 93.2 Å². The molecule has 6 rings (SSSR count). The summed E-state index contributed by atoms with van der Waals surface area (Å²) in [5, 5.41) is 5.46. The van der Waals surface area contributed by atoms with Crippen LogP contribution >= 0.6 is 17.0 Å². The Balaban J connectivity index is 0.000000224. The zero-order valence-electron chi connectivity index (χ0n) is 31.0. The van der Waals surface area contributed by atoms with Crippen LogP contribution in [0.15, 0.2) is 97.1 Å². The van der Waals surface area contributed by atoms with E-state index < -0.39 is 20.8 Å². The maximum atomic E-state index is 4.93. The van der Waals surface area contributed by atoms with Crippen LogP contribution < -0.4 is 0 Å². The number of benzene rings is 4. The van der Waals surface area contributed by atoms with Gasteiger partial charge in [-0.15, -0.1) is 69.1 Å². The summed E-state index contributed by atoms with van der Waals surface area (Å²) >= 11 is -0.826. The number of hydrogen-bond acceptors (Lipinski definition) is 0. The van der Waals surface area contributed by atoms with Crippen LogP contribution in [0.3, 0.4) is 0 Å². The third kappa shape index (κ3) is 9.94. The summed E-state index contributed by atoms with van der Waals surface area (Å²) in [4.78, 5) is 0. The van der Waals surface area contributed by atoms with Crippen molar-refractivity contribution in [1.29, 1.82) is 0 Å². The van der Waals surface area contributed by atoms with Gasteiger partial charge in [-0.05, 0) is 46.9 Å². The Morgan fingerprint density at radius 3 is 1.15 bits per heavy atom. The second-order valence-corrected chi connectivity index (χ2v) is 19.5. The molecule has 0 atom stereocenters. The van der Waals surface area contributed by atoms with Gasteiger partial charge in [-0.2, -0.15) is 12.1 Å². The summed E-state index contributed by atoms with van der Waals surface area (Å²) in [6.07, 6.45) is 0. The van der Waals surface area contributed by atoms with E-state index in [9.17, 15) is 0 Å². The van der Waals surface area contributed by atoms with E-state index in [-0.39, 0.29) is 10.8 Å². The molecule has 250 valence electrons. The summed E-state index contributed by atoms with van der Waals surface area (Å²) in [6.45, 7) is 26.9. The van der Waals surface area contributed by atoms with Crippen molar-refractivity contribution in [2.24, 2.45) is 0 Å². The molecule has 6 aromatic rings. The Kier molecular flexibility index (Phi) is 14.8. The fourth-order valence-electron chi connectivity index (χ4n) is 6.40. The minimum atomic E-state index is -0.826. The topological polar surface area (TPSA) is 0 Å². The predicted molar refractivity (Wildman–Crippen MR) is 215 cm³/mol. The second-order valence-electron chi connectivity index (χ2n) is 14.7. The van der Waals surface area contributed by atoms with E-state index in [0.29, 0.717) is 0 Å². The van der Waals surface area contributed by atoms with Gasteiger partial charge in [0.15, 0.2) is 0 Å². The SMILES string of the molecule is C[Si]C.Cc1cc2c(-c3ccccc3C)c(C(C)(C)C)ccc2[cH-]1.Cc1cc2c(-c3ccccc3C)c(C(C)(C)C)ccc2[cH-]1.[Cl][Zr+2][Cl]. The Morgan fingerprint density at radius 2 is 0.854 bits per heavy atom. The number of halogens is 2. The van der Waals surface area contributed by atoms with Gasteiger partial charge in [-0.25, -0.2) is 0 Å². The number of aryl methyl sites for hydroxylation is 4. The van der Waals surface area contributed by atoms with Gasteiger partial charge in [-0.1, -0.05) is 139 Å². The van der Waals surface area contributed by atoms with E-state index in [1.54, 1.807) is 0 Å². The first kappa shape index (κ1) is 40.2. The average Bonchev–Trinajstić information content (AvgIpc) is 3.58. The molecule has 48 heavy (non-hydrogen) atoms. The van der Waals surface area contributed by atoms with Crippen LogP contribution in [0.1, 0.15) is 74.9 Å². The molecule has 0 saturated carbocycles. The van der Waals surface area contributed by atoms with Crippen molar-refractivity contribution >= 4 is 48.1 Å². The quantitative estimate of drug-likeness (QED) is 0.122. The summed E-state index contributed by atoms with van der Waals surface area (Å²) < 4.78 is 0. The van der Waals surface area contributed by atoms with Gasteiger partial charge in [0.25, 0.3) is 0 Å². The number of rotatable bonds is 2. The Labute approximate surface area is 312 Å². The molecule has 0 aromatic heterocycles. The molecule has 4 heteroatoms. The van der Waals surface area contributed by atoms with Crippen LogP contribution in [0.4, 0.5) is 0 Å². The van der Waals surface area contributed by atoms with E-state index in [1.807, 2.05) is 0 Å². The first-order chi connectivity index (χ1) is 22.6. The van der Waals surface area contributed by atoms with E-state index in [1.165, 1.54) is 77.2 Å². The molecule has 0 fully saturated rings. The van der Waals surface area contributed by atoms with Crippen LogP contribution in [0.25, 0.3) is 43.8 Å². The first-order valence-corrected chi connectivity index (χ1v) is 25.0. The van der Waals surface area contributed by atoms with Crippen molar-refractivity contribution in [1.82, 2.24) is 0 Å². The minimum absolute atomic E-state index is 0.136. The van der Waals surface area contributed by atoms with Crippen molar-refractivity contribution in [3.05, 3.63) is 130 Å². The van der Waals surface area contributed by atoms with Crippen molar-refractivity contribution in [3.8, 4) is 22.3 Å². The van der Waals surface area contributed by atoms with Crippen LogP contribution in [-0.2, 0) is 31.7 Å². The predicted octanol–water partition coefficient (Wildman–Crippen LogP) is 14.4. The average molecular weight is 771 g/mol. The van der Waals surface area contributed by atoms with Crippen molar-refractivity contribution in [3.63, 3.8) is 0 Å². The molecular weight excluding hydrogens is 719 g/mol. The summed E-state index contributed by atoms with van der Waals surface area (Å²) in [7, 11) is 11.0. The van der Waals surface area contributed by atoms with E-state index in [0.717, 1.165) is 9.52 Å². The number of hydrogen-bond donors (Lipinski definition) is 0. The van der Waals surface area contributed by atoms with Crippen molar-refractivity contribution < 1.29 is 20.8 Å². The maximum absolute atomic E-state index is 4.93. The van der Waals surface area contributed by atoms with Crippen LogP contribution in [-0.4, -0.2) is 9.52 Å².